The summed E-state index contributed by atoms with van der Waals surface area (Å²) in [5.74, 6) is -2.09. The number of hydrogen-bond acceptors (Lipinski definition) is 7. The highest BCUT2D eigenvalue weighted by molar-refractivity contribution is 5.71. The van der Waals surface area contributed by atoms with Crippen LogP contribution in [0, 0.1) is 0 Å². The van der Waals surface area contributed by atoms with Crippen LogP contribution in [0.2, 0.25) is 0 Å². The Morgan fingerprint density at radius 1 is 0.333 bits per heavy atom. The Balaban J connectivity index is 4.12. The zero-order valence-electron chi connectivity index (χ0n) is 60.6. The molecule has 0 aromatic heterocycles. The minimum absolute atomic E-state index is 0.170. The number of hydrogen-bond donors (Lipinski definition) is 1. The van der Waals surface area contributed by atoms with Crippen LogP contribution >= 0.6 is 0 Å². The molecule has 2 atom stereocenters. The largest absolute Gasteiger partial charge is 0.477 e. The van der Waals surface area contributed by atoms with Crippen LogP contribution in [0.25, 0.3) is 0 Å². The SMILES string of the molecule is CC/C=C\C/C=C\C/C=C\C/C=C\C/C=C\C/C=C\C/C=C\C/C=C\C/C=C\CCCC(=O)OC(COC(=O)CCCCCCCCCCCCCCCCCCCCCCCCCC/C=C\C/C=C\C/C=C\CCCCCCC)COC(OCC[N+](C)(C)C)C(=O)O. The minimum Gasteiger partial charge on any atom is -0.477 e. The predicted molar refractivity (Wildman–Crippen MR) is 400 cm³/mol. The number of carbonyl (C=O) groups is 3. The van der Waals surface area contributed by atoms with E-state index in [1.165, 1.54) is 180 Å². The van der Waals surface area contributed by atoms with Crippen LogP contribution in [-0.4, -0.2) is 87.4 Å². The maximum Gasteiger partial charge on any atom is 0.361 e. The number of nitrogens with zero attached hydrogens (tertiary/aromatic N) is 1. The van der Waals surface area contributed by atoms with Crippen molar-refractivity contribution < 1.29 is 42.9 Å². The number of carbonyl (C=O) groups excluding carboxylic acids is 2. The molecule has 2 unspecified atom stereocenters. The zero-order valence-corrected chi connectivity index (χ0v) is 60.6. The molecule has 0 aliphatic carbocycles. The van der Waals surface area contributed by atoms with Crippen molar-refractivity contribution in [2.24, 2.45) is 0 Å². The Labute approximate surface area is 572 Å². The van der Waals surface area contributed by atoms with Crippen LogP contribution in [0.4, 0.5) is 0 Å². The fourth-order valence-corrected chi connectivity index (χ4v) is 10.3. The summed E-state index contributed by atoms with van der Waals surface area (Å²) in [6.45, 7) is 4.70. The second-order valence-electron chi connectivity index (χ2n) is 26.2. The molecule has 0 radical (unpaired) electrons. The fourth-order valence-electron chi connectivity index (χ4n) is 10.3. The second kappa shape index (κ2) is 73.0. The van der Waals surface area contributed by atoms with Gasteiger partial charge >= 0.3 is 17.9 Å². The number of quaternary nitrogens is 1. The highest BCUT2D eigenvalue weighted by Crippen LogP contribution is 2.17. The van der Waals surface area contributed by atoms with E-state index in [0.29, 0.717) is 23.9 Å². The van der Waals surface area contributed by atoms with Gasteiger partial charge in [-0.3, -0.25) is 9.59 Å². The number of ether oxygens (including phenoxy) is 4. The topological polar surface area (TPSA) is 108 Å². The molecule has 0 aromatic carbocycles. The lowest BCUT2D eigenvalue weighted by molar-refractivity contribution is -0.870. The van der Waals surface area contributed by atoms with Crippen molar-refractivity contribution in [3.63, 3.8) is 0 Å². The Morgan fingerprint density at radius 3 is 0.946 bits per heavy atom. The second-order valence-corrected chi connectivity index (χ2v) is 26.2. The first-order valence-electron chi connectivity index (χ1n) is 38.0. The first kappa shape index (κ1) is 88.2. The third-order valence-corrected chi connectivity index (χ3v) is 16.1. The molecule has 0 bridgehead atoms. The van der Waals surface area contributed by atoms with Crippen LogP contribution in [0.5, 0.6) is 0 Å². The molecular formula is C84H142NO8+. The fraction of sp³-hybridized carbons (Fsp3) is 0.679. The van der Waals surface area contributed by atoms with E-state index >= 15 is 0 Å². The van der Waals surface area contributed by atoms with Gasteiger partial charge in [-0.15, -0.1) is 0 Å². The molecule has 0 heterocycles. The van der Waals surface area contributed by atoms with Crippen LogP contribution < -0.4 is 0 Å². The van der Waals surface area contributed by atoms with Gasteiger partial charge in [-0.1, -0.05) is 327 Å². The number of likely N-dealkylation sites (N-methyl/N-ethyl adjacent to an activating group) is 1. The van der Waals surface area contributed by atoms with Gasteiger partial charge in [0.15, 0.2) is 6.10 Å². The molecule has 0 saturated heterocycles. The van der Waals surface area contributed by atoms with Crippen molar-refractivity contribution in [3.05, 3.63) is 146 Å². The maximum atomic E-state index is 12.9. The lowest BCUT2D eigenvalue weighted by atomic mass is 10.0. The summed E-state index contributed by atoms with van der Waals surface area (Å²) in [5.41, 5.74) is 0. The third kappa shape index (κ3) is 74.4. The number of rotatable bonds is 69. The number of aliphatic carboxylic acids is 1. The van der Waals surface area contributed by atoms with Crippen LogP contribution in [0.15, 0.2) is 146 Å². The normalized spacial score (nSPS) is 13.5. The van der Waals surface area contributed by atoms with E-state index in [9.17, 15) is 19.5 Å². The highest BCUT2D eigenvalue weighted by Gasteiger charge is 2.25. The molecule has 0 amide bonds. The monoisotopic (exact) mass is 1290 g/mol. The number of carboxylic acid groups (broad SMARTS) is 1. The summed E-state index contributed by atoms with van der Waals surface area (Å²) in [6.07, 6.45) is 104. The number of esters is 2. The van der Waals surface area contributed by atoms with Crippen molar-refractivity contribution in [3.8, 4) is 0 Å². The first-order valence-corrected chi connectivity index (χ1v) is 38.0. The van der Waals surface area contributed by atoms with Gasteiger partial charge in [0.2, 0.25) is 0 Å². The van der Waals surface area contributed by atoms with Gasteiger partial charge in [0, 0.05) is 12.8 Å². The summed E-state index contributed by atoms with van der Waals surface area (Å²) in [6, 6.07) is 0. The molecule has 0 aliphatic heterocycles. The molecule has 93 heavy (non-hydrogen) atoms. The number of carboxylic acids is 1. The van der Waals surface area contributed by atoms with Crippen molar-refractivity contribution in [2.45, 2.75) is 322 Å². The molecule has 0 aliphatic rings. The van der Waals surface area contributed by atoms with Gasteiger partial charge in [0.05, 0.1) is 34.4 Å². The van der Waals surface area contributed by atoms with E-state index in [0.717, 1.165) is 89.9 Å². The Morgan fingerprint density at radius 2 is 0.624 bits per heavy atom. The van der Waals surface area contributed by atoms with E-state index < -0.39 is 24.3 Å². The minimum atomic E-state index is -1.54. The van der Waals surface area contributed by atoms with E-state index in [-0.39, 0.29) is 38.6 Å². The highest BCUT2D eigenvalue weighted by atomic mass is 16.7. The van der Waals surface area contributed by atoms with Gasteiger partial charge in [0.1, 0.15) is 13.2 Å². The molecule has 9 heteroatoms. The molecule has 9 nitrogen and oxygen atoms in total. The Hall–Kier alpha value is -4.83. The van der Waals surface area contributed by atoms with Crippen LogP contribution in [0.1, 0.15) is 309 Å². The van der Waals surface area contributed by atoms with Gasteiger partial charge in [-0.05, 0) is 116 Å². The van der Waals surface area contributed by atoms with Crippen molar-refractivity contribution >= 4 is 17.9 Å². The quantitative estimate of drug-likeness (QED) is 0.0211. The Kier molecular flexibility index (Phi) is 69.2. The molecule has 0 aromatic rings. The average Bonchev–Trinajstić information content (AvgIpc) is 3.74. The molecule has 530 valence electrons. The van der Waals surface area contributed by atoms with Crippen molar-refractivity contribution in [1.29, 1.82) is 0 Å². The smallest absolute Gasteiger partial charge is 0.361 e. The molecule has 0 fully saturated rings. The van der Waals surface area contributed by atoms with Gasteiger partial charge in [-0.25, -0.2) is 4.79 Å². The third-order valence-electron chi connectivity index (χ3n) is 16.1. The van der Waals surface area contributed by atoms with E-state index in [2.05, 4.69) is 160 Å². The molecule has 0 saturated carbocycles. The first-order chi connectivity index (χ1) is 45.6. The summed E-state index contributed by atoms with van der Waals surface area (Å²) in [4.78, 5) is 37.6. The Bertz CT molecular complexity index is 2040. The van der Waals surface area contributed by atoms with Crippen LogP contribution in [-0.2, 0) is 33.3 Å². The lowest BCUT2D eigenvalue weighted by Crippen LogP contribution is -2.40. The lowest BCUT2D eigenvalue weighted by Gasteiger charge is -2.25. The average molecular weight is 1290 g/mol. The molecule has 1 N–H and O–H groups in total. The van der Waals surface area contributed by atoms with Crippen molar-refractivity contribution in [1.82, 2.24) is 0 Å². The number of unbranched alkanes of at least 4 members (excludes halogenated alkanes) is 30. The van der Waals surface area contributed by atoms with Gasteiger partial charge in [-0.2, -0.15) is 0 Å². The summed E-state index contributed by atoms with van der Waals surface area (Å²) >= 11 is 0. The maximum absolute atomic E-state index is 12.9. The van der Waals surface area contributed by atoms with E-state index in [4.69, 9.17) is 18.9 Å². The predicted octanol–water partition coefficient (Wildman–Crippen LogP) is 24.3. The van der Waals surface area contributed by atoms with E-state index in [1.807, 2.05) is 21.1 Å². The van der Waals surface area contributed by atoms with Crippen molar-refractivity contribution in [2.75, 3.05) is 47.5 Å². The molecule has 0 spiro atoms. The summed E-state index contributed by atoms with van der Waals surface area (Å²) < 4.78 is 22.9. The zero-order chi connectivity index (χ0) is 67.5. The standard InChI is InChI=1S/C84H141NO8/c1-6-8-10-12-14-16-18-20-22-24-26-28-30-32-34-36-37-38-39-40-41-42-43-44-45-47-48-50-52-54-56-58-60-62-64-66-68-70-72-74-81(86)91-78-80(79-92-84(83(88)89)90-77-76-85(3,4)5)93-82(87)75-73-71-69-67-65-63-61-59-57-55-53-51-49-46-35-33-31-29-27-25-23-21-19-17-15-13-11-9-7-2/h9,11,15,17-18,20-21,23-24,26-27,29-30,32-33,35,49,51,55,57,61,63,67,69,80,84H,6-8,10,12-14,16,19,22,25,28,31,34,36-48,50,52-54,56,58-60,62,64-66,68,70-79H2,1-5H3/p+1/b11-9-,17-15-,20-18-,23-21-,26-24-,29-27-,32-30-,35-33-,51-49-,57-55-,63-61-,69-67-. The molecule has 0 rings (SSSR count). The van der Waals surface area contributed by atoms with Gasteiger partial charge in [0.25, 0.3) is 6.29 Å². The van der Waals surface area contributed by atoms with E-state index in [1.54, 1.807) is 0 Å². The van der Waals surface area contributed by atoms with Gasteiger partial charge < -0.3 is 28.5 Å². The summed E-state index contributed by atoms with van der Waals surface area (Å²) in [5, 5.41) is 9.75. The van der Waals surface area contributed by atoms with Crippen LogP contribution in [0.3, 0.4) is 0 Å². The summed E-state index contributed by atoms with van der Waals surface area (Å²) in [7, 11) is 5.95. The number of allylic oxidation sites excluding steroid dienone is 24. The molecular weight excluding hydrogens is 1150 g/mol.